The Bertz CT molecular complexity index is 1400. The van der Waals surface area contributed by atoms with Crippen molar-refractivity contribution in [2.75, 3.05) is 4.90 Å². The van der Waals surface area contributed by atoms with Crippen LogP contribution in [0.3, 0.4) is 0 Å². The van der Waals surface area contributed by atoms with E-state index < -0.39 is 6.04 Å². The molecule has 5 nitrogen and oxygen atoms in total. The maximum atomic E-state index is 13.7. The molecule has 35 heavy (non-hydrogen) atoms. The first-order chi connectivity index (χ1) is 16.9. The Kier molecular flexibility index (Phi) is 6.13. The van der Waals surface area contributed by atoms with Gasteiger partial charge in [0.1, 0.15) is 11.6 Å². The first kappa shape index (κ1) is 22.9. The predicted octanol–water partition coefficient (Wildman–Crippen LogP) is 6.44. The molecule has 5 rings (SSSR count). The van der Waals surface area contributed by atoms with Gasteiger partial charge in [0.2, 0.25) is 5.82 Å². The smallest absolute Gasteiger partial charge is 0.258 e. The SMILES string of the molecule is CCc1ccc(N2C(=S)NC(c3ccc(F)cc3)C(c3nc(-c4ccc(F)cc4)no3)=C2C)cc1. The van der Waals surface area contributed by atoms with E-state index in [1.54, 1.807) is 24.3 Å². The average molecular weight is 489 g/mol. The fourth-order valence-electron chi connectivity index (χ4n) is 4.17. The van der Waals surface area contributed by atoms with Crippen LogP contribution < -0.4 is 10.2 Å². The van der Waals surface area contributed by atoms with Crippen LogP contribution >= 0.6 is 12.2 Å². The fourth-order valence-corrected chi connectivity index (χ4v) is 4.53. The van der Waals surface area contributed by atoms with Crippen LogP contribution in [0, 0.1) is 11.6 Å². The van der Waals surface area contributed by atoms with Gasteiger partial charge in [-0.25, -0.2) is 8.78 Å². The molecule has 0 radical (unpaired) electrons. The molecule has 0 aliphatic carbocycles. The number of anilines is 1. The fraction of sp³-hybridized carbons (Fsp3) is 0.148. The number of nitrogens with zero attached hydrogens (tertiary/aromatic N) is 3. The molecule has 0 amide bonds. The highest BCUT2D eigenvalue weighted by molar-refractivity contribution is 7.80. The van der Waals surface area contributed by atoms with Gasteiger partial charge in [-0.1, -0.05) is 36.3 Å². The number of halogens is 2. The summed E-state index contributed by atoms with van der Waals surface area (Å²) in [5, 5.41) is 7.99. The first-order valence-electron chi connectivity index (χ1n) is 11.2. The number of hydrogen-bond acceptors (Lipinski definition) is 4. The number of benzene rings is 3. The number of hydrogen-bond donors (Lipinski definition) is 1. The van der Waals surface area contributed by atoms with Crippen molar-refractivity contribution in [2.24, 2.45) is 0 Å². The maximum Gasteiger partial charge on any atom is 0.258 e. The van der Waals surface area contributed by atoms with Gasteiger partial charge in [0.05, 0.1) is 11.6 Å². The summed E-state index contributed by atoms with van der Waals surface area (Å²) >= 11 is 5.75. The number of allylic oxidation sites excluding steroid dienone is 1. The molecule has 0 bridgehead atoms. The van der Waals surface area contributed by atoms with Gasteiger partial charge in [0, 0.05) is 16.9 Å². The highest BCUT2D eigenvalue weighted by Gasteiger charge is 2.34. The Morgan fingerprint density at radius 1 is 0.943 bits per heavy atom. The molecule has 4 aromatic rings. The van der Waals surface area contributed by atoms with Gasteiger partial charge >= 0.3 is 0 Å². The average Bonchev–Trinajstić information content (AvgIpc) is 3.35. The van der Waals surface area contributed by atoms with E-state index in [0.29, 0.717) is 28.0 Å². The van der Waals surface area contributed by atoms with Crippen LogP contribution in [0.1, 0.15) is 36.9 Å². The molecule has 3 aromatic carbocycles. The summed E-state index contributed by atoms with van der Waals surface area (Å²) in [5.41, 5.74) is 5.06. The van der Waals surface area contributed by atoms with Crippen molar-refractivity contribution >= 4 is 28.6 Å². The van der Waals surface area contributed by atoms with Crippen molar-refractivity contribution < 1.29 is 13.3 Å². The third-order valence-corrected chi connectivity index (χ3v) is 6.35. The van der Waals surface area contributed by atoms with Gasteiger partial charge in [-0.3, -0.25) is 4.90 Å². The zero-order valence-corrected chi connectivity index (χ0v) is 19.9. The summed E-state index contributed by atoms with van der Waals surface area (Å²) in [5.74, 6) is -0.0444. The van der Waals surface area contributed by atoms with Crippen molar-refractivity contribution in [3.05, 3.63) is 107 Å². The van der Waals surface area contributed by atoms with E-state index in [1.807, 2.05) is 24.0 Å². The van der Waals surface area contributed by atoms with E-state index in [1.165, 1.54) is 29.8 Å². The molecule has 1 aliphatic heterocycles. The molecule has 0 spiro atoms. The molecule has 8 heteroatoms. The number of nitrogens with one attached hydrogen (secondary N) is 1. The van der Waals surface area contributed by atoms with Crippen LogP contribution in [-0.4, -0.2) is 15.3 Å². The lowest BCUT2D eigenvalue weighted by atomic mass is 9.94. The lowest BCUT2D eigenvalue weighted by Gasteiger charge is -2.37. The highest BCUT2D eigenvalue weighted by atomic mass is 32.1. The van der Waals surface area contributed by atoms with Crippen molar-refractivity contribution in [1.82, 2.24) is 15.5 Å². The molecular weight excluding hydrogens is 466 g/mol. The zero-order chi connectivity index (χ0) is 24.5. The van der Waals surface area contributed by atoms with Crippen LogP contribution in [0.15, 0.2) is 83.0 Å². The topological polar surface area (TPSA) is 54.2 Å². The minimum Gasteiger partial charge on any atom is -0.351 e. The van der Waals surface area contributed by atoms with Crippen LogP contribution in [0.4, 0.5) is 14.5 Å². The zero-order valence-electron chi connectivity index (χ0n) is 19.1. The molecule has 176 valence electrons. The Morgan fingerprint density at radius 2 is 1.57 bits per heavy atom. The number of thiocarbonyl (C=S) groups is 1. The minimum atomic E-state index is -0.434. The van der Waals surface area contributed by atoms with Crippen LogP contribution in [0.25, 0.3) is 17.0 Å². The van der Waals surface area contributed by atoms with Crippen molar-refractivity contribution in [1.29, 1.82) is 0 Å². The van der Waals surface area contributed by atoms with Crippen LogP contribution in [0.2, 0.25) is 0 Å². The van der Waals surface area contributed by atoms with E-state index in [9.17, 15) is 8.78 Å². The largest absolute Gasteiger partial charge is 0.351 e. The van der Waals surface area contributed by atoms with Crippen molar-refractivity contribution in [2.45, 2.75) is 26.3 Å². The summed E-state index contributed by atoms with van der Waals surface area (Å²) < 4.78 is 32.7. The van der Waals surface area contributed by atoms with Gasteiger partial charge < -0.3 is 9.84 Å². The second-order valence-electron chi connectivity index (χ2n) is 8.22. The summed E-state index contributed by atoms with van der Waals surface area (Å²) in [4.78, 5) is 6.54. The molecule has 1 N–H and O–H groups in total. The van der Waals surface area contributed by atoms with Gasteiger partial charge in [0.15, 0.2) is 5.11 Å². The van der Waals surface area contributed by atoms with E-state index in [4.69, 9.17) is 16.7 Å². The molecule has 1 aromatic heterocycles. The Balaban J connectivity index is 1.63. The lowest BCUT2D eigenvalue weighted by molar-refractivity contribution is 0.404. The third kappa shape index (κ3) is 4.44. The summed E-state index contributed by atoms with van der Waals surface area (Å²) in [6, 6.07) is 19.8. The molecule has 0 saturated carbocycles. The second-order valence-corrected chi connectivity index (χ2v) is 8.61. The molecule has 0 fully saturated rings. The van der Waals surface area contributed by atoms with E-state index in [-0.39, 0.29) is 11.6 Å². The normalized spacial score (nSPS) is 15.9. The predicted molar refractivity (Wildman–Crippen MR) is 135 cm³/mol. The standard InChI is InChI=1S/C27H22F2N4OS/c1-3-17-4-14-22(15-5-17)33-16(2)23(24(30-27(33)35)18-6-10-20(28)11-7-18)26-31-25(32-34-26)19-8-12-21(29)13-9-19/h4-15,24H,3H2,1-2H3,(H,30,35). The van der Waals surface area contributed by atoms with Crippen molar-refractivity contribution in [3.8, 4) is 11.4 Å². The van der Waals surface area contributed by atoms with Gasteiger partial charge in [-0.2, -0.15) is 4.98 Å². The molecule has 1 unspecified atom stereocenters. The Labute approximate surface area is 207 Å². The Hall–Kier alpha value is -3.91. The molecule has 2 heterocycles. The molecule has 1 atom stereocenters. The maximum absolute atomic E-state index is 13.7. The van der Waals surface area contributed by atoms with E-state index >= 15 is 0 Å². The molecule has 0 saturated heterocycles. The van der Waals surface area contributed by atoms with Gasteiger partial charge in [-0.15, -0.1) is 0 Å². The Morgan fingerprint density at radius 3 is 2.20 bits per heavy atom. The van der Waals surface area contributed by atoms with Gasteiger partial charge in [-0.05, 0) is 85.2 Å². The van der Waals surface area contributed by atoms with Gasteiger partial charge in [0.25, 0.3) is 5.89 Å². The second kappa shape index (κ2) is 9.38. The minimum absolute atomic E-state index is 0.293. The van der Waals surface area contributed by atoms with Crippen LogP contribution in [0.5, 0.6) is 0 Å². The number of rotatable bonds is 5. The summed E-state index contributed by atoms with van der Waals surface area (Å²) in [7, 11) is 0. The van der Waals surface area contributed by atoms with E-state index in [2.05, 4.69) is 34.5 Å². The van der Waals surface area contributed by atoms with Crippen molar-refractivity contribution in [3.63, 3.8) is 0 Å². The molecule has 1 aliphatic rings. The third-order valence-electron chi connectivity index (χ3n) is 6.05. The summed E-state index contributed by atoms with van der Waals surface area (Å²) in [6.45, 7) is 4.04. The molecular formula is C27H22F2N4OS. The monoisotopic (exact) mass is 488 g/mol. The lowest BCUT2D eigenvalue weighted by Crippen LogP contribution is -2.46. The first-order valence-corrected chi connectivity index (χ1v) is 11.6. The number of aromatic nitrogens is 2. The highest BCUT2D eigenvalue weighted by Crippen LogP contribution is 2.39. The van der Waals surface area contributed by atoms with E-state index in [0.717, 1.165) is 23.4 Å². The van der Waals surface area contributed by atoms with Crippen LogP contribution in [-0.2, 0) is 6.42 Å². The summed E-state index contributed by atoms with van der Waals surface area (Å²) in [6.07, 6.45) is 0.934. The number of aryl methyl sites for hydroxylation is 1. The quantitative estimate of drug-likeness (QED) is 0.326.